The Morgan fingerprint density at radius 2 is 1.18 bits per heavy atom. The maximum atomic E-state index is 6.66. The number of nitrogens with one attached hydrogen (secondary N) is 1. The molecule has 258 valence electrons. The first-order chi connectivity index (χ1) is 27.2. The van der Waals surface area contributed by atoms with Gasteiger partial charge in [-0.25, -0.2) is 9.98 Å². The number of benzene rings is 8. The zero-order valence-corrected chi connectivity index (χ0v) is 30.1. The van der Waals surface area contributed by atoms with Gasteiger partial charge in [-0.15, -0.1) is 11.3 Å². The maximum Gasteiger partial charge on any atom is 0.170 e. The van der Waals surface area contributed by atoms with Crippen molar-refractivity contribution in [2.75, 3.05) is 0 Å². The molecule has 3 aromatic heterocycles. The largest absolute Gasteiger partial charge is 0.456 e. The average Bonchev–Trinajstić information content (AvgIpc) is 3.94. The van der Waals surface area contributed by atoms with Crippen molar-refractivity contribution in [3.05, 3.63) is 180 Å². The molecule has 4 heterocycles. The lowest BCUT2D eigenvalue weighted by Gasteiger charge is -2.23. The fourth-order valence-electron chi connectivity index (χ4n) is 8.39. The third-order valence-electron chi connectivity index (χ3n) is 10.9. The van der Waals surface area contributed by atoms with Crippen molar-refractivity contribution in [3.63, 3.8) is 0 Å². The van der Waals surface area contributed by atoms with Gasteiger partial charge in [-0.3, -0.25) is 0 Å². The van der Waals surface area contributed by atoms with Crippen molar-refractivity contribution < 1.29 is 8.83 Å². The van der Waals surface area contributed by atoms with Gasteiger partial charge in [0.1, 0.15) is 34.0 Å². The molecule has 8 aromatic carbocycles. The molecule has 0 saturated carbocycles. The standard InChI is InChI=1S/C49H29N3O2S/c1-2-11-29-26-31(23-22-28(29)10-1)47-50-48(52-49(51-47)38-17-7-15-34-33-12-3-5-18-39(33)54-46(34)38)37-16-8-19-40-44(37)35-25-24-30(27-41(35)53-40)32-14-9-21-43-45(32)36-13-4-6-20-42(36)55-43/h1-27,48H,(H,50,51,52). The molecule has 0 spiro atoms. The molecule has 12 rings (SSSR count). The minimum Gasteiger partial charge on any atom is -0.456 e. The summed E-state index contributed by atoms with van der Waals surface area (Å²) in [7, 11) is 0. The fourth-order valence-corrected chi connectivity index (χ4v) is 9.53. The lowest BCUT2D eigenvalue weighted by atomic mass is 9.97. The quantitative estimate of drug-likeness (QED) is 0.197. The molecule has 0 fully saturated rings. The number of amidine groups is 2. The zero-order chi connectivity index (χ0) is 36.0. The van der Waals surface area contributed by atoms with Crippen LogP contribution in [0.15, 0.2) is 183 Å². The van der Waals surface area contributed by atoms with Crippen LogP contribution in [0.4, 0.5) is 0 Å². The Hall–Kier alpha value is -7.02. The molecule has 11 aromatic rings. The summed E-state index contributed by atoms with van der Waals surface area (Å²) in [6.07, 6.45) is -0.549. The molecule has 1 aliphatic heterocycles. The topological polar surface area (TPSA) is 63.0 Å². The van der Waals surface area contributed by atoms with E-state index in [9.17, 15) is 0 Å². The first kappa shape index (κ1) is 30.4. The van der Waals surface area contributed by atoms with Crippen molar-refractivity contribution >= 4 is 97.8 Å². The second-order valence-corrected chi connectivity index (χ2v) is 15.2. The van der Waals surface area contributed by atoms with E-state index in [0.717, 1.165) is 77.4 Å². The number of rotatable bonds is 4. The molecule has 0 aliphatic carbocycles. The van der Waals surface area contributed by atoms with Crippen molar-refractivity contribution in [1.29, 1.82) is 0 Å². The smallest absolute Gasteiger partial charge is 0.170 e. The summed E-state index contributed by atoms with van der Waals surface area (Å²) in [6.45, 7) is 0. The van der Waals surface area contributed by atoms with Crippen LogP contribution >= 0.6 is 11.3 Å². The van der Waals surface area contributed by atoms with E-state index in [4.69, 9.17) is 18.8 Å². The molecular formula is C49H29N3O2S. The molecule has 0 bridgehead atoms. The summed E-state index contributed by atoms with van der Waals surface area (Å²) in [5.74, 6) is 1.45. The van der Waals surface area contributed by atoms with Crippen molar-refractivity contribution in [1.82, 2.24) is 5.32 Å². The Morgan fingerprint density at radius 1 is 0.455 bits per heavy atom. The second kappa shape index (κ2) is 11.7. The van der Waals surface area contributed by atoms with Crippen molar-refractivity contribution in [2.24, 2.45) is 9.98 Å². The van der Waals surface area contributed by atoms with Gasteiger partial charge in [0.2, 0.25) is 0 Å². The number of para-hydroxylation sites is 2. The van der Waals surface area contributed by atoms with E-state index in [0.29, 0.717) is 5.84 Å². The summed E-state index contributed by atoms with van der Waals surface area (Å²) in [4.78, 5) is 10.7. The summed E-state index contributed by atoms with van der Waals surface area (Å²) in [5, 5.41) is 12.7. The minimum absolute atomic E-state index is 0.549. The number of hydrogen-bond acceptors (Lipinski definition) is 6. The third kappa shape index (κ3) is 4.72. The Balaban J connectivity index is 1.05. The predicted molar refractivity (Wildman–Crippen MR) is 229 cm³/mol. The Labute approximate surface area is 318 Å². The van der Waals surface area contributed by atoms with E-state index < -0.39 is 6.17 Å². The minimum atomic E-state index is -0.549. The van der Waals surface area contributed by atoms with Crippen LogP contribution in [-0.2, 0) is 0 Å². The van der Waals surface area contributed by atoms with Crippen LogP contribution in [-0.4, -0.2) is 11.7 Å². The first-order valence-electron chi connectivity index (χ1n) is 18.4. The number of hydrogen-bond donors (Lipinski definition) is 1. The van der Waals surface area contributed by atoms with E-state index in [2.05, 4.69) is 139 Å². The monoisotopic (exact) mass is 723 g/mol. The molecular weight excluding hydrogens is 695 g/mol. The van der Waals surface area contributed by atoms with E-state index in [1.165, 1.54) is 31.1 Å². The van der Waals surface area contributed by atoms with Crippen molar-refractivity contribution in [3.8, 4) is 11.1 Å². The first-order valence-corrected chi connectivity index (χ1v) is 19.2. The molecule has 0 radical (unpaired) electrons. The Kier molecular flexibility index (Phi) is 6.50. The van der Waals surface area contributed by atoms with Crippen LogP contribution < -0.4 is 5.32 Å². The zero-order valence-electron chi connectivity index (χ0n) is 29.3. The third-order valence-corrected chi connectivity index (χ3v) is 12.1. The SMILES string of the molecule is c1ccc2cc(C3=NC(c4cccc5oc6cc(-c7cccc8sc9ccccc9c78)ccc6c45)N=C(c4cccc5c4oc4ccccc45)N3)ccc2c1. The molecule has 55 heavy (non-hydrogen) atoms. The van der Waals surface area contributed by atoms with E-state index >= 15 is 0 Å². The summed E-state index contributed by atoms with van der Waals surface area (Å²) < 4.78 is 15.7. The lowest BCUT2D eigenvalue weighted by molar-refractivity contribution is 0.666. The molecule has 1 unspecified atom stereocenters. The van der Waals surface area contributed by atoms with Crippen LogP contribution in [0.2, 0.25) is 0 Å². The average molecular weight is 724 g/mol. The lowest BCUT2D eigenvalue weighted by Crippen LogP contribution is -2.36. The molecule has 6 heteroatoms. The predicted octanol–water partition coefficient (Wildman–Crippen LogP) is 13.2. The van der Waals surface area contributed by atoms with Crippen molar-refractivity contribution in [2.45, 2.75) is 6.17 Å². The molecule has 0 amide bonds. The van der Waals surface area contributed by atoms with Gasteiger partial charge in [-0.1, -0.05) is 115 Å². The van der Waals surface area contributed by atoms with Gasteiger partial charge >= 0.3 is 0 Å². The number of fused-ring (bicyclic) bond motifs is 10. The number of nitrogens with zero attached hydrogens (tertiary/aromatic N) is 2. The van der Waals surface area contributed by atoms with Gasteiger partial charge in [0.05, 0.1) is 5.56 Å². The molecule has 1 aliphatic rings. The Morgan fingerprint density at radius 3 is 2.15 bits per heavy atom. The van der Waals surface area contributed by atoms with Gasteiger partial charge in [0.25, 0.3) is 0 Å². The van der Waals surface area contributed by atoms with Crippen LogP contribution in [0.3, 0.4) is 0 Å². The molecule has 1 N–H and O–H groups in total. The summed E-state index contributed by atoms with van der Waals surface area (Å²) in [5.41, 5.74) is 8.45. The highest BCUT2D eigenvalue weighted by atomic mass is 32.1. The van der Waals surface area contributed by atoms with Crippen LogP contribution in [0.1, 0.15) is 22.9 Å². The van der Waals surface area contributed by atoms with E-state index in [-0.39, 0.29) is 0 Å². The normalized spacial score (nSPS) is 14.7. The summed E-state index contributed by atoms with van der Waals surface area (Å²) in [6, 6.07) is 57.3. The molecule has 0 saturated heterocycles. The maximum absolute atomic E-state index is 6.66. The second-order valence-electron chi connectivity index (χ2n) is 14.1. The van der Waals surface area contributed by atoms with Gasteiger partial charge < -0.3 is 14.2 Å². The highest BCUT2D eigenvalue weighted by Crippen LogP contribution is 2.43. The molecule has 1 atom stereocenters. The van der Waals surface area contributed by atoms with E-state index in [1.54, 1.807) is 0 Å². The number of thiophene rings is 1. The van der Waals surface area contributed by atoms with Gasteiger partial charge in [-0.05, 0) is 70.4 Å². The van der Waals surface area contributed by atoms with E-state index in [1.807, 2.05) is 41.7 Å². The number of aliphatic imine (C=N–C) groups is 2. The van der Waals surface area contributed by atoms with Gasteiger partial charge in [0, 0.05) is 52.8 Å². The van der Waals surface area contributed by atoms with Gasteiger partial charge in [0.15, 0.2) is 6.17 Å². The fraction of sp³-hybridized carbons (Fsp3) is 0.0204. The molecule has 5 nitrogen and oxygen atoms in total. The highest BCUT2D eigenvalue weighted by Gasteiger charge is 2.26. The summed E-state index contributed by atoms with van der Waals surface area (Å²) >= 11 is 1.84. The number of furan rings is 2. The van der Waals surface area contributed by atoms with Crippen LogP contribution in [0.5, 0.6) is 0 Å². The van der Waals surface area contributed by atoms with Crippen LogP contribution in [0, 0.1) is 0 Å². The van der Waals surface area contributed by atoms with Gasteiger partial charge in [-0.2, -0.15) is 0 Å². The van der Waals surface area contributed by atoms with Crippen LogP contribution in [0.25, 0.3) is 85.9 Å². The highest BCUT2D eigenvalue weighted by molar-refractivity contribution is 7.25. The Bertz CT molecular complexity index is 3440.